The fraction of sp³-hybridized carbons (Fsp3) is 0.562. The number of amides is 1. The van der Waals surface area contributed by atoms with Gasteiger partial charge in [0.2, 0.25) is 5.91 Å². The summed E-state index contributed by atoms with van der Waals surface area (Å²) in [5, 5.41) is 2.86. The number of hydrogen-bond acceptors (Lipinski definition) is 2. The fourth-order valence-corrected chi connectivity index (χ4v) is 3.58. The van der Waals surface area contributed by atoms with Crippen LogP contribution in [0.25, 0.3) is 0 Å². The first-order valence-electron chi connectivity index (χ1n) is 7.66. The molecule has 1 aromatic rings. The van der Waals surface area contributed by atoms with Gasteiger partial charge in [-0.2, -0.15) is 13.2 Å². The van der Waals surface area contributed by atoms with E-state index in [1.165, 1.54) is 0 Å². The smallest absolute Gasteiger partial charge is 0.356 e. The van der Waals surface area contributed by atoms with Gasteiger partial charge in [-0.05, 0) is 49.6 Å². The number of carbonyl (C=O) groups excluding carboxylic acids is 1. The summed E-state index contributed by atoms with van der Waals surface area (Å²) < 4.78 is 51.8. The molecular formula is C16H18F4N2O. The molecule has 2 aliphatic heterocycles. The number of nitrogens with zero attached hydrogens (tertiary/aromatic N) is 1. The van der Waals surface area contributed by atoms with Crippen LogP contribution in [0.5, 0.6) is 0 Å². The van der Waals surface area contributed by atoms with E-state index in [1.807, 2.05) is 4.90 Å². The van der Waals surface area contributed by atoms with E-state index in [1.54, 1.807) is 0 Å². The van der Waals surface area contributed by atoms with Crippen LogP contribution in [-0.2, 0) is 17.5 Å². The summed E-state index contributed by atoms with van der Waals surface area (Å²) in [6.45, 7) is 2.04. The molecule has 0 saturated carbocycles. The van der Waals surface area contributed by atoms with Crippen LogP contribution in [0.2, 0.25) is 0 Å². The van der Waals surface area contributed by atoms with Crippen molar-refractivity contribution < 1.29 is 22.4 Å². The molecule has 0 unspecified atom stereocenters. The normalized spacial score (nSPS) is 25.8. The van der Waals surface area contributed by atoms with Crippen LogP contribution in [0.1, 0.15) is 30.4 Å². The number of alkyl halides is 3. The lowest BCUT2D eigenvalue weighted by Crippen LogP contribution is -2.47. The lowest BCUT2D eigenvalue weighted by atomic mass is 9.79. The number of nitrogens with one attached hydrogen (secondary N) is 1. The summed E-state index contributed by atoms with van der Waals surface area (Å²) in [6, 6.07) is 2.61. The molecule has 2 aliphatic rings. The van der Waals surface area contributed by atoms with E-state index in [2.05, 4.69) is 5.32 Å². The Kier molecular flexibility index (Phi) is 4.08. The first-order chi connectivity index (χ1) is 10.8. The summed E-state index contributed by atoms with van der Waals surface area (Å²) in [6.07, 6.45) is -2.16. The van der Waals surface area contributed by atoms with Gasteiger partial charge in [0.15, 0.2) is 0 Å². The molecule has 0 bridgehead atoms. The average Bonchev–Trinajstić information content (AvgIpc) is 2.85. The van der Waals surface area contributed by atoms with Crippen molar-refractivity contribution >= 4 is 5.91 Å². The SMILES string of the molecule is O=C1NCCC[C@@]12CCN(Cc1cc(F)cc(C(F)(F)F)c1)C2. The molecule has 1 amide bonds. The Morgan fingerprint density at radius 2 is 2.00 bits per heavy atom. The zero-order valence-corrected chi connectivity index (χ0v) is 12.5. The highest BCUT2D eigenvalue weighted by Gasteiger charge is 2.45. The number of rotatable bonds is 2. The molecule has 1 atom stereocenters. The number of benzene rings is 1. The molecule has 3 nitrogen and oxygen atoms in total. The van der Waals surface area contributed by atoms with Crippen LogP contribution in [0.3, 0.4) is 0 Å². The van der Waals surface area contributed by atoms with Crippen molar-refractivity contribution in [1.82, 2.24) is 10.2 Å². The first kappa shape index (κ1) is 16.2. The summed E-state index contributed by atoms with van der Waals surface area (Å²) in [7, 11) is 0. The second-order valence-electron chi connectivity index (χ2n) is 6.45. The topological polar surface area (TPSA) is 32.3 Å². The highest BCUT2D eigenvalue weighted by atomic mass is 19.4. The Bertz CT molecular complexity index is 617. The number of likely N-dealkylation sites (tertiary alicyclic amines) is 1. The van der Waals surface area contributed by atoms with Crippen LogP contribution >= 0.6 is 0 Å². The maximum atomic E-state index is 13.5. The van der Waals surface area contributed by atoms with Crippen LogP contribution in [0.15, 0.2) is 18.2 Å². The molecule has 3 rings (SSSR count). The molecule has 2 saturated heterocycles. The van der Waals surface area contributed by atoms with Gasteiger partial charge in [-0.25, -0.2) is 4.39 Å². The first-order valence-corrected chi connectivity index (χ1v) is 7.66. The zero-order chi connectivity index (χ0) is 16.7. The number of halogens is 4. The van der Waals surface area contributed by atoms with Crippen molar-refractivity contribution in [2.24, 2.45) is 5.41 Å². The molecule has 0 aromatic heterocycles. The van der Waals surface area contributed by atoms with Crippen LogP contribution in [-0.4, -0.2) is 30.4 Å². The molecule has 7 heteroatoms. The molecule has 1 spiro atoms. The Hall–Kier alpha value is -1.63. The number of piperidine rings is 1. The number of carbonyl (C=O) groups is 1. The monoisotopic (exact) mass is 330 g/mol. The van der Waals surface area contributed by atoms with Crippen molar-refractivity contribution in [3.05, 3.63) is 35.1 Å². The van der Waals surface area contributed by atoms with Gasteiger partial charge in [0.25, 0.3) is 0 Å². The molecule has 2 fully saturated rings. The maximum Gasteiger partial charge on any atom is 0.416 e. The molecule has 0 radical (unpaired) electrons. The molecule has 126 valence electrons. The minimum absolute atomic E-state index is 0.0291. The van der Waals surface area contributed by atoms with E-state index in [-0.39, 0.29) is 18.0 Å². The second kappa shape index (κ2) is 5.78. The van der Waals surface area contributed by atoms with Gasteiger partial charge in [0, 0.05) is 19.6 Å². The van der Waals surface area contributed by atoms with Crippen molar-refractivity contribution in [2.45, 2.75) is 32.0 Å². The third-order valence-corrected chi connectivity index (χ3v) is 4.72. The van der Waals surface area contributed by atoms with E-state index >= 15 is 0 Å². The van der Waals surface area contributed by atoms with E-state index < -0.39 is 23.0 Å². The van der Waals surface area contributed by atoms with Crippen LogP contribution in [0, 0.1) is 11.2 Å². The summed E-state index contributed by atoms with van der Waals surface area (Å²) in [5.41, 5.74) is -1.12. The van der Waals surface area contributed by atoms with Crippen molar-refractivity contribution in [2.75, 3.05) is 19.6 Å². The average molecular weight is 330 g/mol. The quantitative estimate of drug-likeness (QED) is 0.846. The Morgan fingerprint density at radius 3 is 2.70 bits per heavy atom. The molecule has 2 heterocycles. The highest BCUT2D eigenvalue weighted by molar-refractivity contribution is 5.83. The second-order valence-corrected chi connectivity index (χ2v) is 6.45. The van der Waals surface area contributed by atoms with Crippen LogP contribution < -0.4 is 5.32 Å². The molecule has 1 aromatic carbocycles. The molecule has 0 aliphatic carbocycles. The third kappa shape index (κ3) is 3.34. The predicted octanol–water partition coefficient (Wildman–Crippen LogP) is 2.95. The highest BCUT2D eigenvalue weighted by Crippen LogP contribution is 2.38. The van der Waals surface area contributed by atoms with Gasteiger partial charge in [0.1, 0.15) is 5.82 Å². The zero-order valence-electron chi connectivity index (χ0n) is 12.5. The van der Waals surface area contributed by atoms with Gasteiger partial charge < -0.3 is 5.32 Å². The van der Waals surface area contributed by atoms with Gasteiger partial charge in [-0.3, -0.25) is 9.69 Å². The molecule has 1 N–H and O–H groups in total. The van der Waals surface area contributed by atoms with E-state index in [0.29, 0.717) is 32.1 Å². The Labute approximate surface area is 131 Å². The predicted molar refractivity (Wildman–Crippen MR) is 76.0 cm³/mol. The van der Waals surface area contributed by atoms with Crippen molar-refractivity contribution in [3.8, 4) is 0 Å². The summed E-state index contributed by atoms with van der Waals surface area (Å²) >= 11 is 0. The fourth-order valence-electron chi connectivity index (χ4n) is 3.58. The van der Waals surface area contributed by atoms with Crippen LogP contribution in [0.4, 0.5) is 17.6 Å². The largest absolute Gasteiger partial charge is 0.416 e. The van der Waals surface area contributed by atoms with Crippen molar-refractivity contribution in [1.29, 1.82) is 0 Å². The molecular weight excluding hydrogens is 312 g/mol. The summed E-state index contributed by atoms with van der Waals surface area (Å²) in [5.74, 6) is -0.861. The van der Waals surface area contributed by atoms with E-state index in [4.69, 9.17) is 0 Å². The van der Waals surface area contributed by atoms with Gasteiger partial charge in [0.05, 0.1) is 11.0 Å². The lowest BCUT2D eigenvalue weighted by Gasteiger charge is -2.32. The lowest BCUT2D eigenvalue weighted by molar-refractivity contribution is -0.137. The minimum Gasteiger partial charge on any atom is -0.356 e. The van der Waals surface area contributed by atoms with Crippen molar-refractivity contribution in [3.63, 3.8) is 0 Å². The van der Waals surface area contributed by atoms with Gasteiger partial charge in [-0.1, -0.05) is 0 Å². The van der Waals surface area contributed by atoms with E-state index in [9.17, 15) is 22.4 Å². The Balaban J connectivity index is 1.73. The van der Waals surface area contributed by atoms with Gasteiger partial charge >= 0.3 is 6.18 Å². The summed E-state index contributed by atoms with van der Waals surface area (Å²) in [4.78, 5) is 14.0. The number of hydrogen-bond donors (Lipinski definition) is 1. The molecule has 23 heavy (non-hydrogen) atoms. The van der Waals surface area contributed by atoms with Gasteiger partial charge in [-0.15, -0.1) is 0 Å². The minimum atomic E-state index is -4.56. The maximum absolute atomic E-state index is 13.5. The standard InChI is InChI=1S/C16H18F4N2O/c17-13-7-11(6-12(8-13)16(18,19)20)9-22-5-3-15(10-22)2-1-4-21-14(15)23/h6-8H,1-5,9-10H2,(H,21,23)/t15-/m0/s1. The Morgan fingerprint density at radius 1 is 1.22 bits per heavy atom. The van der Waals surface area contributed by atoms with E-state index in [0.717, 1.165) is 25.0 Å². The third-order valence-electron chi connectivity index (χ3n) is 4.72.